The van der Waals surface area contributed by atoms with Gasteiger partial charge in [0, 0.05) is 122 Å². The number of aliphatic imine (C=N–C) groups is 4. The molecule has 4 aromatic rings. The molecule has 0 heterocycles. The standard InChI is InChI=1S/2C19H22N2O2.2ClHO4.3Cu/c2*1-14(16-8-3-5-10-18(16)22)20-12-7-13-21-15(2)17-9-4-6-11-19(17)23;2*2-1(3,4)5;;;/h2*3-6,8-11,22-23H,7,12-13H2,1-2H3;2*(H,2,3,4,5);;;. The van der Waals surface area contributed by atoms with Crippen molar-refractivity contribution in [2.45, 2.75) is 40.5 Å². The van der Waals surface area contributed by atoms with Crippen LogP contribution < -0.4 is 28.0 Å². The number of rotatable bonds is 12. The molecule has 0 aliphatic heterocycles. The molecule has 0 fully saturated rings. The van der Waals surface area contributed by atoms with E-state index in [4.69, 9.17) is 37.3 Å². The van der Waals surface area contributed by atoms with Gasteiger partial charge in [0.05, 0.1) is 29.8 Å². The number of hydrogen-bond donors (Lipinski definition) is 6. The topological polar surface area (TPSA) is 309 Å². The fraction of sp³-hybridized carbons (Fsp3) is 0.263. The molecule has 0 saturated carbocycles. The Hall–Kier alpha value is -3.42. The van der Waals surface area contributed by atoms with Gasteiger partial charge in [-0.15, -0.1) is 0 Å². The second kappa shape index (κ2) is 31.5. The van der Waals surface area contributed by atoms with Crippen LogP contribution in [0, 0.1) is 20.5 Å². The van der Waals surface area contributed by atoms with E-state index in [0.717, 1.165) is 57.9 Å². The Morgan fingerprint density at radius 3 is 0.695 bits per heavy atom. The van der Waals surface area contributed by atoms with Crippen molar-refractivity contribution in [3.05, 3.63) is 119 Å². The van der Waals surface area contributed by atoms with Crippen molar-refractivity contribution in [3.63, 3.8) is 0 Å². The smallest absolute Gasteiger partial charge is 0.124 e. The summed E-state index contributed by atoms with van der Waals surface area (Å²) in [5.74, 6) is 1.01. The van der Waals surface area contributed by atoms with Crippen molar-refractivity contribution < 1.29 is 129 Å². The number of hydrogen-bond acceptors (Lipinski definition) is 16. The number of benzene rings is 4. The van der Waals surface area contributed by atoms with Crippen molar-refractivity contribution in [1.29, 1.82) is 0 Å². The molecule has 0 aliphatic rings. The number of nitrogens with zero attached hydrogens (tertiary/aromatic N) is 4. The molecule has 0 aromatic heterocycles. The van der Waals surface area contributed by atoms with Gasteiger partial charge in [-0.1, -0.05) is 48.5 Å². The van der Waals surface area contributed by atoms with E-state index in [-0.39, 0.29) is 74.2 Å². The number of aromatic hydroxyl groups is 4. The van der Waals surface area contributed by atoms with Gasteiger partial charge in [0.2, 0.25) is 0 Å². The van der Waals surface area contributed by atoms with E-state index < -0.39 is 20.5 Å². The monoisotopic (exact) mass is 1010 g/mol. The molecule has 337 valence electrons. The van der Waals surface area contributed by atoms with E-state index in [2.05, 4.69) is 20.0 Å². The van der Waals surface area contributed by atoms with Crippen molar-refractivity contribution in [2.75, 3.05) is 26.2 Å². The number of para-hydroxylation sites is 4. The van der Waals surface area contributed by atoms with Gasteiger partial charge in [-0.25, -0.2) is 0 Å². The van der Waals surface area contributed by atoms with Crippen LogP contribution in [0.2, 0.25) is 0 Å². The summed E-state index contributed by atoms with van der Waals surface area (Å²) >= 11 is 0. The van der Waals surface area contributed by atoms with Gasteiger partial charge in [-0.2, -0.15) is 28.0 Å². The van der Waals surface area contributed by atoms with E-state index in [9.17, 15) is 20.4 Å². The Kier molecular flexibility index (Phi) is 31.9. The summed E-state index contributed by atoms with van der Waals surface area (Å²) < 4.78 is 65.4. The molecule has 21 heteroatoms. The summed E-state index contributed by atoms with van der Waals surface area (Å²) in [5, 5.41) is 39.1. The van der Waals surface area contributed by atoms with Crippen molar-refractivity contribution in [3.8, 4) is 23.0 Å². The summed E-state index contributed by atoms with van der Waals surface area (Å²) in [6.45, 7) is 10.2. The van der Waals surface area contributed by atoms with Gasteiger partial charge in [0.15, 0.2) is 0 Å². The molecular weight excluding hydrogens is 966 g/mol. The Morgan fingerprint density at radius 1 is 0.390 bits per heavy atom. The molecule has 0 spiro atoms. The van der Waals surface area contributed by atoms with E-state index in [0.29, 0.717) is 26.2 Å². The Bertz CT molecular complexity index is 1660. The van der Waals surface area contributed by atoms with Gasteiger partial charge in [-0.3, -0.25) is 20.0 Å². The first-order valence-electron chi connectivity index (χ1n) is 16.6. The second-order valence-corrected chi connectivity index (χ2v) is 13.0. The quantitative estimate of drug-likeness (QED) is 0.0587. The molecule has 3 radical (unpaired) electrons. The number of halogens is 2. The van der Waals surface area contributed by atoms with Crippen LogP contribution in [0.15, 0.2) is 117 Å². The molecular formula is C38H46Cl2Cu3N4O12. The van der Waals surface area contributed by atoms with Crippen LogP contribution in [0.25, 0.3) is 0 Å². The molecule has 0 aliphatic carbocycles. The minimum absolute atomic E-state index is 0. The zero-order valence-corrected chi connectivity index (χ0v) is 36.4. The maximum absolute atomic E-state index is 9.78. The second-order valence-electron chi connectivity index (χ2n) is 11.4. The average molecular weight is 1010 g/mol. The van der Waals surface area contributed by atoms with Gasteiger partial charge >= 0.3 is 0 Å². The van der Waals surface area contributed by atoms with Crippen LogP contribution >= 0.6 is 0 Å². The minimum atomic E-state index is -4.69. The minimum Gasteiger partial charge on any atom is -0.507 e. The third kappa shape index (κ3) is 28.6. The van der Waals surface area contributed by atoms with Crippen molar-refractivity contribution in [2.24, 2.45) is 20.0 Å². The van der Waals surface area contributed by atoms with Gasteiger partial charge in [0.1, 0.15) is 23.0 Å². The van der Waals surface area contributed by atoms with Gasteiger partial charge < -0.3 is 20.4 Å². The maximum Gasteiger partial charge on any atom is 0.124 e. The third-order valence-corrected chi connectivity index (χ3v) is 7.20. The first kappa shape index (κ1) is 59.9. The summed E-state index contributed by atoms with van der Waals surface area (Å²) in [6, 6.07) is 28.8. The fourth-order valence-electron chi connectivity index (χ4n) is 4.59. The van der Waals surface area contributed by atoms with E-state index >= 15 is 0 Å². The predicted molar refractivity (Wildman–Crippen MR) is 194 cm³/mol. The molecule has 16 nitrogen and oxygen atoms in total. The average Bonchev–Trinajstić information content (AvgIpc) is 3.10. The van der Waals surface area contributed by atoms with Crippen molar-refractivity contribution >= 4 is 22.8 Å². The molecule has 6 N–H and O–H groups in total. The summed E-state index contributed by atoms with van der Waals surface area (Å²) in [6.07, 6.45) is 1.63. The zero-order chi connectivity index (χ0) is 42.3. The van der Waals surface area contributed by atoms with Crippen LogP contribution in [0.5, 0.6) is 23.0 Å². The summed E-state index contributed by atoms with van der Waals surface area (Å²) in [4.78, 5) is 17.9. The van der Waals surface area contributed by atoms with Crippen LogP contribution in [0.4, 0.5) is 0 Å². The third-order valence-electron chi connectivity index (χ3n) is 7.20. The maximum atomic E-state index is 9.78. The van der Waals surface area contributed by atoms with E-state index in [1.165, 1.54) is 0 Å². The molecule has 0 amide bonds. The first-order valence-corrected chi connectivity index (χ1v) is 19.2. The Morgan fingerprint density at radius 2 is 0.542 bits per heavy atom. The normalized spacial score (nSPS) is 11.7. The molecule has 59 heavy (non-hydrogen) atoms. The van der Waals surface area contributed by atoms with Crippen LogP contribution in [-0.4, -0.2) is 78.8 Å². The van der Waals surface area contributed by atoms with Gasteiger partial charge in [-0.05, 0) is 89.1 Å². The van der Waals surface area contributed by atoms with Gasteiger partial charge in [0.25, 0.3) is 0 Å². The predicted octanol–water partition coefficient (Wildman–Crippen LogP) is -0.643. The molecule has 0 bridgehead atoms. The fourth-order valence-corrected chi connectivity index (χ4v) is 4.59. The largest absolute Gasteiger partial charge is 0.507 e. The van der Waals surface area contributed by atoms with Crippen LogP contribution in [0.3, 0.4) is 0 Å². The SMILES string of the molecule is CC(=NCCCN=C(C)c1ccccc1O)c1ccccc1O.CC(=NCCCN=C(C)c1ccccc1O)c1ccccc1O.[Cu].[Cu].[Cu].[O-][Cl+3]([O-])([O-])O.[O-][Cl+3]([O-])([O-])O. The van der Waals surface area contributed by atoms with E-state index in [1.807, 2.05) is 76.2 Å². The first-order chi connectivity index (χ1) is 26.2. The number of phenols is 4. The molecule has 4 aromatic carbocycles. The zero-order valence-electron chi connectivity index (χ0n) is 32.1. The molecule has 0 saturated heterocycles. The number of phenolic OH excluding ortho intramolecular Hbond substituents is 4. The van der Waals surface area contributed by atoms with Crippen LogP contribution in [0.1, 0.15) is 62.8 Å². The Labute approximate surface area is 379 Å². The van der Waals surface area contributed by atoms with Crippen LogP contribution in [-0.2, 0) is 51.2 Å². The van der Waals surface area contributed by atoms with Crippen molar-refractivity contribution in [1.82, 2.24) is 0 Å². The van der Waals surface area contributed by atoms with E-state index in [1.54, 1.807) is 48.5 Å². The Balaban J connectivity index is -0.000000830. The molecule has 0 unspecified atom stereocenters. The molecule has 4 rings (SSSR count). The summed E-state index contributed by atoms with van der Waals surface area (Å²) in [7, 11) is -9.39. The summed E-state index contributed by atoms with van der Waals surface area (Å²) in [5.41, 5.74) is 6.36. The molecule has 0 atom stereocenters.